The van der Waals surface area contributed by atoms with Crippen LogP contribution in [0.3, 0.4) is 0 Å². The van der Waals surface area contributed by atoms with Crippen LogP contribution in [0.5, 0.6) is 0 Å². The highest BCUT2D eigenvalue weighted by Crippen LogP contribution is 2.15. The van der Waals surface area contributed by atoms with E-state index in [0.29, 0.717) is 17.8 Å². The first-order chi connectivity index (χ1) is 9.22. The number of halogens is 1. The summed E-state index contributed by atoms with van der Waals surface area (Å²) in [7, 11) is 0. The van der Waals surface area contributed by atoms with Gasteiger partial charge in [-0.25, -0.2) is 4.39 Å². The van der Waals surface area contributed by atoms with E-state index in [1.165, 1.54) is 6.07 Å². The molecular formula is C14H14FN3O. The molecule has 0 heterocycles. The van der Waals surface area contributed by atoms with E-state index < -0.39 is 0 Å². The summed E-state index contributed by atoms with van der Waals surface area (Å²) >= 11 is 0. The number of nitrogens with one attached hydrogen (secondary N) is 1. The third-order valence-electron chi connectivity index (χ3n) is 2.74. The number of rotatable bonds is 4. The van der Waals surface area contributed by atoms with Crippen molar-refractivity contribution in [2.45, 2.75) is 6.54 Å². The summed E-state index contributed by atoms with van der Waals surface area (Å²) in [5.41, 5.74) is 7.45. The lowest BCUT2D eigenvalue weighted by Gasteiger charge is -2.11. The number of hydrogen-bond acceptors (Lipinski definition) is 3. The molecule has 2 rings (SSSR count). The third kappa shape index (κ3) is 3.01. The highest BCUT2D eigenvalue weighted by molar-refractivity contribution is 5.98. The first-order valence-electron chi connectivity index (χ1n) is 5.76. The topological polar surface area (TPSA) is 70.6 Å². The van der Waals surface area contributed by atoms with Gasteiger partial charge in [0.25, 0.3) is 0 Å². The van der Waals surface area contributed by atoms with Crippen molar-refractivity contribution < 1.29 is 9.60 Å². The van der Waals surface area contributed by atoms with Gasteiger partial charge in [-0.2, -0.15) is 0 Å². The van der Waals surface area contributed by atoms with Crippen LogP contribution >= 0.6 is 0 Å². The molecule has 0 spiro atoms. The van der Waals surface area contributed by atoms with Crippen molar-refractivity contribution in [2.75, 3.05) is 5.32 Å². The molecule has 0 aliphatic carbocycles. The molecule has 2 aromatic carbocycles. The van der Waals surface area contributed by atoms with Crippen LogP contribution in [0, 0.1) is 5.82 Å². The smallest absolute Gasteiger partial charge is 0.170 e. The van der Waals surface area contributed by atoms with Crippen molar-refractivity contribution in [3.8, 4) is 0 Å². The molecule has 0 bridgehead atoms. The number of para-hydroxylation sites is 1. The molecule has 19 heavy (non-hydrogen) atoms. The second kappa shape index (κ2) is 5.86. The molecule has 0 saturated heterocycles. The summed E-state index contributed by atoms with van der Waals surface area (Å²) in [6, 6.07) is 13.6. The molecule has 0 aliphatic heterocycles. The number of nitrogens with two attached hydrogens (primary N) is 1. The highest BCUT2D eigenvalue weighted by atomic mass is 19.1. The molecule has 2 aromatic rings. The van der Waals surface area contributed by atoms with Gasteiger partial charge in [-0.05, 0) is 17.7 Å². The van der Waals surface area contributed by atoms with Crippen molar-refractivity contribution in [3.63, 3.8) is 0 Å². The summed E-state index contributed by atoms with van der Waals surface area (Å²) in [4.78, 5) is 0. The number of amidine groups is 1. The van der Waals surface area contributed by atoms with Crippen LogP contribution in [0.15, 0.2) is 53.7 Å². The Hall–Kier alpha value is -2.56. The average Bonchev–Trinajstić information content (AvgIpc) is 2.46. The summed E-state index contributed by atoms with van der Waals surface area (Å²) in [5, 5.41) is 14.7. The Morgan fingerprint density at radius 2 is 1.84 bits per heavy atom. The summed E-state index contributed by atoms with van der Waals surface area (Å²) in [6.07, 6.45) is 0. The Bertz CT molecular complexity index is 599. The first kappa shape index (κ1) is 12.9. The van der Waals surface area contributed by atoms with Crippen LogP contribution in [-0.4, -0.2) is 11.0 Å². The Balaban J connectivity index is 2.19. The monoisotopic (exact) mass is 259 g/mol. The van der Waals surface area contributed by atoms with Crippen LogP contribution in [0.2, 0.25) is 0 Å². The molecular weight excluding hydrogens is 245 g/mol. The van der Waals surface area contributed by atoms with Crippen LogP contribution in [-0.2, 0) is 6.54 Å². The lowest BCUT2D eigenvalue weighted by Crippen LogP contribution is -2.16. The Kier molecular flexibility index (Phi) is 3.97. The summed E-state index contributed by atoms with van der Waals surface area (Å²) < 4.78 is 13.5. The van der Waals surface area contributed by atoms with Gasteiger partial charge in [0, 0.05) is 12.1 Å². The van der Waals surface area contributed by atoms with Gasteiger partial charge in [0.15, 0.2) is 5.84 Å². The Morgan fingerprint density at radius 1 is 1.16 bits per heavy atom. The van der Waals surface area contributed by atoms with Crippen LogP contribution < -0.4 is 11.1 Å². The van der Waals surface area contributed by atoms with Crippen molar-refractivity contribution in [1.29, 1.82) is 0 Å². The van der Waals surface area contributed by atoms with Gasteiger partial charge in [-0.15, -0.1) is 0 Å². The average molecular weight is 259 g/mol. The largest absolute Gasteiger partial charge is 0.409 e. The lowest BCUT2D eigenvalue weighted by molar-refractivity contribution is 0.318. The summed E-state index contributed by atoms with van der Waals surface area (Å²) in [6.45, 7) is 0.382. The lowest BCUT2D eigenvalue weighted by atomic mass is 10.1. The molecule has 0 atom stereocenters. The molecule has 0 aromatic heterocycles. The van der Waals surface area contributed by atoms with Crippen molar-refractivity contribution >= 4 is 11.5 Å². The number of hydrogen-bond donors (Lipinski definition) is 3. The number of oxime groups is 1. The van der Waals surface area contributed by atoms with Gasteiger partial charge in [0.2, 0.25) is 0 Å². The maximum absolute atomic E-state index is 13.5. The molecule has 0 fully saturated rings. The van der Waals surface area contributed by atoms with E-state index in [1.54, 1.807) is 30.3 Å². The van der Waals surface area contributed by atoms with Gasteiger partial charge in [-0.3, -0.25) is 0 Å². The molecule has 5 heteroatoms. The number of nitrogens with zero attached hydrogens (tertiary/aromatic N) is 1. The maximum Gasteiger partial charge on any atom is 0.170 e. The van der Waals surface area contributed by atoms with E-state index in [9.17, 15) is 4.39 Å². The highest BCUT2D eigenvalue weighted by Gasteiger charge is 2.07. The van der Waals surface area contributed by atoms with Crippen LogP contribution in [0.25, 0.3) is 0 Å². The van der Waals surface area contributed by atoms with Crippen molar-refractivity contribution in [1.82, 2.24) is 0 Å². The normalized spacial score (nSPS) is 11.3. The summed E-state index contributed by atoms with van der Waals surface area (Å²) in [5.74, 6) is -0.283. The molecule has 4 nitrogen and oxygen atoms in total. The van der Waals surface area contributed by atoms with Crippen molar-refractivity contribution in [2.24, 2.45) is 10.9 Å². The zero-order valence-electron chi connectivity index (χ0n) is 10.2. The van der Waals surface area contributed by atoms with Crippen molar-refractivity contribution in [3.05, 3.63) is 65.5 Å². The van der Waals surface area contributed by atoms with E-state index in [0.717, 1.165) is 5.56 Å². The van der Waals surface area contributed by atoms with Gasteiger partial charge in [0.1, 0.15) is 5.82 Å². The Labute approximate surface area is 110 Å². The molecule has 0 saturated carbocycles. The standard InChI is InChI=1S/C14H14FN3O/c15-12-7-3-4-8-13(12)17-9-10-5-1-2-6-11(10)14(16)18-19/h1-8,17,19H,9H2,(H2,16,18). The van der Waals surface area contributed by atoms with E-state index in [4.69, 9.17) is 10.9 Å². The fourth-order valence-electron chi connectivity index (χ4n) is 1.77. The molecule has 0 radical (unpaired) electrons. The molecule has 0 unspecified atom stereocenters. The number of anilines is 1. The minimum Gasteiger partial charge on any atom is -0.409 e. The second-order valence-electron chi connectivity index (χ2n) is 3.98. The third-order valence-corrected chi connectivity index (χ3v) is 2.74. The number of benzene rings is 2. The first-order valence-corrected chi connectivity index (χ1v) is 5.76. The predicted molar refractivity (Wildman–Crippen MR) is 72.7 cm³/mol. The quantitative estimate of drug-likeness (QED) is 0.342. The van der Waals surface area contributed by atoms with Gasteiger partial charge >= 0.3 is 0 Å². The van der Waals surface area contributed by atoms with Crippen LogP contribution in [0.1, 0.15) is 11.1 Å². The van der Waals surface area contributed by atoms with E-state index in [2.05, 4.69) is 10.5 Å². The van der Waals surface area contributed by atoms with E-state index in [1.807, 2.05) is 12.1 Å². The molecule has 0 amide bonds. The zero-order valence-corrected chi connectivity index (χ0v) is 10.2. The second-order valence-corrected chi connectivity index (χ2v) is 3.98. The predicted octanol–water partition coefficient (Wildman–Crippen LogP) is 2.53. The van der Waals surface area contributed by atoms with E-state index >= 15 is 0 Å². The Morgan fingerprint density at radius 3 is 2.58 bits per heavy atom. The van der Waals surface area contributed by atoms with E-state index in [-0.39, 0.29) is 11.7 Å². The SMILES string of the molecule is NC(=NO)c1ccccc1CNc1ccccc1F. The fraction of sp³-hybridized carbons (Fsp3) is 0.0714. The molecule has 4 N–H and O–H groups in total. The van der Waals surface area contributed by atoms with Crippen LogP contribution in [0.4, 0.5) is 10.1 Å². The van der Waals surface area contributed by atoms with Gasteiger partial charge in [0.05, 0.1) is 5.69 Å². The fourth-order valence-corrected chi connectivity index (χ4v) is 1.77. The molecule has 0 aliphatic rings. The van der Waals surface area contributed by atoms with Gasteiger partial charge in [-0.1, -0.05) is 41.6 Å². The minimum absolute atomic E-state index is 0.0333. The van der Waals surface area contributed by atoms with Gasteiger partial charge < -0.3 is 16.3 Å². The maximum atomic E-state index is 13.5. The molecule has 98 valence electrons. The zero-order chi connectivity index (χ0) is 13.7. The minimum atomic E-state index is -0.316.